The molecule has 2 aromatic carbocycles. The van der Waals surface area contributed by atoms with Gasteiger partial charge in [0.05, 0.1) is 5.56 Å². The molecule has 5 nitrogen and oxygen atoms in total. The number of hydrogen-bond donors (Lipinski definition) is 1. The molecule has 1 N–H and O–H groups in total. The van der Waals surface area contributed by atoms with Gasteiger partial charge in [-0.05, 0) is 62.2 Å². The number of ether oxygens (including phenoxy) is 1. The standard InChI is InChI=1S/C20H19ClN2O3/c1-12-7-8-17(9-13(12)2)25-11-18-14(3)26-23-19(18)20(24)22-16-6-4-5-15(21)10-16/h4-10H,11H2,1-3H3,(H,22,24). The van der Waals surface area contributed by atoms with Crippen LogP contribution in [0.2, 0.25) is 5.02 Å². The van der Waals surface area contributed by atoms with Crippen LogP contribution in [0.5, 0.6) is 5.75 Å². The molecule has 0 saturated heterocycles. The lowest BCUT2D eigenvalue weighted by Crippen LogP contribution is -2.15. The third-order valence-corrected chi connectivity index (χ3v) is 4.38. The van der Waals surface area contributed by atoms with Gasteiger partial charge in [0, 0.05) is 10.7 Å². The fourth-order valence-electron chi connectivity index (χ4n) is 2.46. The SMILES string of the molecule is Cc1ccc(OCc2c(C(=O)Nc3cccc(Cl)c3)noc2C)cc1C. The van der Waals surface area contributed by atoms with E-state index in [4.69, 9.17) is 20.9 Å². The van der Waals surface area contributed by atoms with Crippen LogP contribution in [0.4, 0.5) is 5.69 Å². The minimum Gasteiger partial charge on any atom is -0.489 e. The third-order valence-electron chi connectivity index (χ3n) is 4.14. The summed E-state index contributed by atoms with van der Waals surface area (Å²) < 4.78 is 11.0. The number of carbonyl (C=O) groups excluding carboxylic acids is 1. The van der Waals surface area contributed by atoms with Crippen LogP contribution in [-0.4, -0.2) is 11.1 Å². The average Bonchev–Trinajstić information content (AvgIpc) is 2.97. The highest BCUT2D eigenvalue weighted by Crippen LogP contribution is 2.22. The molecule has 0 aliphatic heterocycles. The van der Waals surface area contributed by atoms with Crippen molar-refractivity contribution in [3.8, 4) is 5.75 Å². The zero-order chi connectivity index (χ0) is 18.7. The van der Waals surface area contributed by atoms with Crippen LogP contribution in [0.25, 0.3) is 0 Å². The van der Waals surface area contributed by atoms with E-state index in [1.807, 2.05) is 32.0 Å². The zero-order valence-corrected chi connectivity index (χ0v) is 15.6. The Balaban J connectivity index is 1.75. The van der Waals surface area contributed by atoms with E-state index >= 15 is 0 Å². The predicted molar refractivity (Wildman–Crippen MR) is 101 cm³/mol. The molecule has 0 fully saturated rings. The maximum atomic E-state index is 12.5. The molecule has 0 aliphatic carbocycles. The van der Waals surface area contributed by atoms with Crippen molar-refractivity contribution in [1.82, 2.24) is 5.16 Å². The number of amides is 1. The molecule has 134 valence electrons. The summed E-state index contributed by atoms with van der Waals surface area (Å²) in [5.74, 6) is 0.905. The lowest BCUT2D eigenvalue weighted by molar-refractivity contribution is 0.101. The smallest absolute Gasteiger partial charge is 0.278 e. The molecule has 1 heterocycles. The predicted octanol–water partition coefficient (Wildman–Crippen LogP) is 5.08. The first-order valence-corrected chi connectivity index (χ1v) is 8.54. The first-order valence-electron chi connectivity index (χ1n) is 8.16. The highest BCUT2D eigenvalue weighted by atomic mass is 35.5. The van der Waals surface area contributed by atoms with E-state index in [9.17, 15) is 4.79 Å². The zero-order valence-electron chi connectivity index (χ0n) is 14.8. The summed E-state index contributed by atoms with van der Waals surface area (Å²) >= 11 is 5.95. The summed E-state index contributed by atoms with van der Waals surface area (Å²) in [6.45, 7) is 6.01. The summed E-state index contributed by atoms with van der Waals surface area (Å²) in [7, 11) is 0. The first-order chi connectivity index (χ1) is 12.4. The van der Waals surface area contributed by atoms with Crippen molar-refractivity contribution in [2.45, 2.75) is 27.4 Å². The number of hydrogen-bond acceptors (Lipinski definition) is 4. The molecule has 3 aromatic rings. The van der Waals surface area contributed by atoms with E-state index in [2.05, 4.69) is 10.5 Å². The van der Waals surface area contributed by atoms with Gasteiger partial charge in [0.2, 0.25) is 0 Å². The van der Waals surface area contributed by atoms with Gasteiger partial charge in [-0.2, -0.15) is 0 Å². The fourth-order valence-corrected chi connectivity index (χ4v) is 2.65. The number of halogens is 1. The summed E-state index contributed by atoms with van der Waals surface area (Å²) in [5, 5.41) is 7.18. The minimum atomic E-state index is -0.372. The van der Waals surface area contributed by atoms with E-state index in [1.165, 1.54) is 5.56 Å². The lowest BCUT2D eigenvalue weighted by Gasteiger charge is -2.09. The van der Waals surface area contributed by atoms with Gasteiger partial charge < -0.3 is 14.6 Å². The van der Waals surface area contributed by atoms with Crippen molar-refractivity contribution >= 4 is 23.2 Å². The maximum absolute atomic E-state index is 12.5. The second-order valence-corrected chi connectivity index (χ2v) is 6.50. The normalized spacial score (nSPS) is 10.6. The molecule has 6 heteroatoms. The van der Waals surface area contributed by atoms with Crippen LogP contribution >= 0.6 is 11.6 Å². The Bertz CT molecular complexity index is 950. The van der Waals surface area contributed by atoms with Gasteiger partial charge in [-0.3, -0.25) is 4.79 Å². The van der Waals surface area contributed by atoms with Crippen molar-refractivity contribution < 1.29 is 14.1 Å². The van der Waals surface area contributed by atoms with E-state index in [0.29, 0.717) is 22.0 Å². The van der Waals surface area contributed by atoms with Crippen LogP contribution in [0.3, 0.4) is 0 Å². The Kier molecular flexibility index (Phi) is 5.28. The van der Waals surface area contributed by atoms with Crippen LogP contribution in [0.1, 0.15) is 32.9 Å². The average molecular weight is 371 g/mol. The number of benzene rings is 2. The number of aromatic nitrogens is 1. The summed E-state index contributed by atoms with van der Waals surface area (Å²) in [6.07, 6.45) is 0. The van der Waals surface area contributed by atoms with Gasteiger partial charge in [-0.25, -0.2) is 0 Å². The summed E-state index contributed by atoms with van der Waals surface area (Å²) in [4.78, 5) is 12.5. The quantitative estimate of drug-likeness (QED) is 0.679. The van der Waals surface area contributed by atoms with Crippen LogP contribution in [0, 0.1) is 20.8 Å². The van der Waals surface area contributed by atoms with E-state index in [1.54, 1.807) is 31.2 Å². The fraction of sp³-hybridized carbons (Fsp3) is 0.200. The molecule has 0 saturated carbocycles. The highest BCUT2D eigenvalue weighted by Gasteiger charge is 2.20. The molecule has 0 spiro atoms. The number of nitrogens with zero attached hydrogens (tertiary/aromatic N) is 1. The second kappa shape index (κ2) is 7.62. The van der Waals surface area contributed by atoms with Gasteiger partial charge in [0.25, 0.3) is 5.91 Å². The monoisotopic (exact) mass is 370 g/mol. The Hall–Kier alpha value is -2.79. The van der Waals surface area contributed by atoms with Crippen molar-refractivity contribution in [1.29, 1.82) is 0 Å². The number of nitrogens with one attached hydrogen (secondary N) is 1. The molecule has 0 aliphatic rings. The third kappa shape index (κ3) is 4.06. The van der Waals surface area contributed by atoms with Crippen LogP contribution in [-0.2, 0) is 6.61 Å². The van der Waals surface area contributed by atoms with Gasteiger partial charge in [-0.15, -0.1) is 0 Å². The van der Waals surface area contributed by atoms with E-state index in [-0.39, 0.29) is 18.2 Å². The summed E-state index contributed by atoms with van der Waals surface area (Å²) in [5.41, 5.74) is 3.74. The molecule has 1 amide bonds. The second-order valence-electron chi connectivity index (χ2n) is 6.07. The number of aryl methyl sites for hydroxylation is 3. The first kappa shape index (κ1) is 18.0. The topological polar surface area (TPSA) is 64.4 Å². The molecule has 0 radical (unpaired) electrons. The lowest BCUT2D eigenvalue weighted by atomic mass is 10.1. The Morgan fingerprint density at radius 1 is 1.15 bits per heavy atom. The molecule has 0 bridgehead atoms. The Morgan fingerprint density at radius 2 is 1.96 bits per heavy atom. The number of anilines is 1. The molecule has 0 atom stereocenters. The molecular formula is C20H19ClN2O3. The van der Waals surface area contributed by atoms with Crippen molar-refractivity contribution in [3.63, 3.8) is 0 Å². The maximum Gasteiger partial charge on any atom is 0.278 e. The molecule has 1 aromatic heterocycles. The largest absolute Gasteiger partial charge is 0.489 e. The van der Waals surface area contributed by atoms with Crippen molar-refractivity contribution in [3.05, 3.63) is 75.6 Å². The van der Waals surface area contributed by atoms with Crippen LogP contribution < -0.4 is 10.1 Å². The van der Waals surface area contributed by atoms with Gasteiger partial charge >= 0.3 is 0 Å². The van der Waals surface area contributed by atoms with Crippen molar-refractivity contribution in [2.75, 3.05) is 5.32 Å². The summed E-state index contributed by atoms with van der Waals surface area (Å²) in [6, 6.07) is 12.8. The van der Waals surface area contributed by atoms with E-state index in [0.717, 1.165) is 11.3 Å². The molecular weight excluding hydrogens is 352 g/mol. The van der Waals surface area contributed by atoms with Crippen LogP contribution in [0.15, 0.2) is 47.0 Å². The van der Waals surface area contributed by atoms with E-state index < -0.39 is 0 Å². The Labute approximate surface area is 156 Å². The Morgan fingerprint density at radius 3 is 2.69 bits per heavy atom. The van der Waals surface area contributed by atoms with Crippen molar-refractivity contribution in [2.24, 2.45) is 0 Å². The van der Waals surface area contributed by atoms with Gasteiger partial charge in [-0.1, -0.05) is 28.9 Å². The number of carbonyl (C=O) groups is 1. The number of rotatable bonds is 5. The molecule has 0 unspecified atom stereocenters. The van der Waals surface area contributed by atoms with Gasteiger partial charge in [0.15, 0.2) is 5.69 Å². The molecule has 26 heavy (non-hydrogen) atoms. The van der Waals surface area contributed by atoms with Gasteiger partial charge in [0.1, 0.15) is 18.1 Å². The highest BCUT2D eigenvalue weighted by molar-refractivity contribution is 6.30. The minimum absolute atomic E-state index is 0.191. The molecule has 3 rings (SSSR count).